The lowest BCUT2D eigenvalue weighted by atomic mass is 10.1. The first-order chi connectivity index (χ1) is 14.7. The number of rotatable bonds is 4. The zero-order chi connectivity index (χ0) is 20.5. The lowest BCUT2D eigenvalue weighted by Gasteiger charge is -2.31. The summed E-state index contributed by atoms with van der Waals surface area (Å²) in [5.74, 6) is 0.304. The maximum absolute atomic E-state index is 12.9. The number of fused-ring (bicyclic) bond motifs is 2. The minimum absolute atomic E-state index is 0.0151. The van der Waals surface area contributed by atoms with Gasteiger partial charge < -0.3 is 19.5 Å². The Hall–Kier alpha value is -3.19. The number of aromatic nitrogens is 1. The molecule has 1 aliphatic heterocycles. The smallest absolute Gasteiger partial charge is 0.289 e. The van der Waals surface area contributed by atoms with Crippen molar-refractivity contribution in [2.24, 2.45) is 0 Å². The van der Waals surface area contributed by atoms with Gasteiger partial charge in [0.2, 0.25) is 0 Å². The molecule has 7 nitrogen and oxygen atoms in total. The Morgan fingerprint density at radius 3 is 2.73 bits per heavy atom. The number of anilines is 1. The summed E-state index contributed by atoms with van der Waals surface area (Å²) in [6.45, 7) is 3.13. The Balaban J connectivity index is 1.24. The number of quaternary nitrogens is 1. The van der Waals surface area contributed by atoms with Gasteiger partial charge in [-0.3, -0.25) is 14.6 Å². The molecule has 0 saturated carbocycles. The normalized spacial score (nSPS) is 16.6. The van der Waals surface area contributed by atoms with Gasteiger partial charge in [0.15, 0.2) is 12.3 Å². The van der Waals surface area contributed by atoms with Crippen molar-refractivity contribution in [1.82, 2.24) is 9.88 Å². The first kappa shape index (κ1) is 18.8. The molecule has 3 heterocycles. The number of hydrogen-bond donors (Lipinski definition) is 2. The number of furan rings is 1. The number of pyridine rings is 1. The molecule has 154 valence electrons. The van der Waals surface area contributed by atoms with Crippen LogP contribution in [-0.2, 0) is 17.6 Å². The van der Waals surface area contributed by atoms with Crippen LogP contribution in [0.1, 0.15) is 28.2 Å². The highest BCUT2D eigenvalue weighted by Crippen LogP contribution is 2.33. The molecule has 2 aromatic heterocycles. The van der Waals surface area contributed by atoms with E-state index in [4.69, 9.17) is 9.40 Å². The summed E-state index contributed by atoms with van der Waals surface area (Å²) >= 11 is 0. The number of para-hydroxylation sites is 1. The molecule has 5 rings (SSSR count). The van der Waals surface area contributed by atoms with Gasteiger partial charge in [-0.05, 0) is 43.0 Å². The molecule has 1 aliphatic carbocycles. The number of amides is 2. The Bertz CT molecular complexity index is 1090. The fourth-order valence-corrected chi connectivity index (χ4v) is 4.52. The topological polar surface area (TPSA) is 79.9 Å². The molecule has 30 heavy (non-hydrogen) atoms. The second-order valence-corrected chi connectivity index (χ2v) is 8.03. The predicted molar refractivity (Wildman–Crippen MR) is 113 cm³/mol. The largest absolute Gasteiger partial charge is 0.459 e. The number of nitrogens with one attached hydrogen (secondary N) is 2. The van der Waals surface area contributed by atoms with Crippen molar-refractivity contribution in [3.8, 4) is 0 Å². The van der Waals surface area contributed by atoms with E-state index in [-0.39, 0.29) is 11.8 Å². The minimum Gasteiger partial charge on any atom is -0.459 e. The van der Waals surface area contributed by atoms with Crippen LogP contribution in [0.15, 0.2) is 47.1 Å². The molecular formula is C23H25N4O3+. The van der Waals surface area contributed by atoms with Gasteiger partial charge in [-0.15, -0.1) is 0 Å². The third-order valence-electron chi connectivity index (χ3n) is 6.08. The van der Waals surface area contributed by atoms with E-state index < -0.39 is 0 Å². The molecule has 1 saturated heterocycles. The van der Waals surface area contributed by atoms with Gasteiger partial charge in [0, 0.05) is 11.1 Å². The van der Waals surface area contributed by atoms with E-state index in [0.29, 0.717) is 25.4 Å². The van der Waals surface area contributed by atoms with Crippen LogP contribution in [0.4, 0.5) is 5.69 Å². The molecule has 3 aromatic rings. The first-order valence-corrected chi connectivity index (χ1v) is 10.6. The van der Waals surface area contributed by atoms with Gasteiger partial charge in [-0.2, -0.15) is 0 Å². The van der Waals surface area contributed by atoms with Crippen molar-refractivity contribution in [3.63, 3.8) is 0 Å². The highest BCUT2D eigenvalue weighted by atomic mass is 16.3. The van der Waals surface area contributed by atoms with Crippen LogP contribution in [0, 0.1) is 0 Å². The third kappa shape index (κ3) is 3.57. The maximum atomic E-state index is 12.9. The van der Waals surface area contributed by atoms with E-state index in [1.54, 1.807) is 17.0 Å². The first-order valence-electron chi connectivity index (χ1n) is 10.6. The van der Waals surface area contributed by atoms with Gasteiger partial charge in [0.05, 0.1) is 43.6 Å². The van der Waals surface area contributed by atoms with Gasteiger partial charge in [0.25, 0.3) is 11.8 Å². The lowest BCUT2D eigenvalue weighted by molar-refractivity contribution is -0.895. The molecule has 0 unspecified atom stereocenters. The number of carbonyl (C=O) groups is 2. The van der Waals surface area contributed by atoms with Gasteiger partial charge in [-0.1, -0.05) is 18.2 Å². The molecule has 0 atom stereocenters. The van der Waals surface area contributed by atoms with E-state index in [1.807, 2.05) is 24.3 Å². The zero-order valence-corrected chi connectivity index (χ0v) is 16.8. The summed E-state index contributed by atoms with van der Waals surface area (Å²) in [6, 6.07) is 11.4. The van der Waals surface area contributed by atoms with Crippen molar-refractivity contribution in [3.05, 3.63) is 59.7 Å². The fourth-order valence-electron chi connectivity index (χ4n) is 4.52. The van der Waals surface area contributed by atoms with Crippen LogP contribution in [0.2, 0.25) is 0 Å². The summed E-state index contributed by atoms with van der Waals surface area (Å²) < 4.78 is 5.21. The van der Waals surface area contributed by atoms with Crippen molar-refractivity contribution >= 4 is 28.4 Å². The number of carbonyl (C=O) groups excluding carboxylic acids is 2. The number of hydrogen-bond acceptors (Lipinski definition) is 4. The Kier molecular flexibility index (Phi) is 4.96. The number of piperazine rings is 1. The molecule has 0 radical (unpaired) electrons. The SMILES string of the molecule is O=C(C[NH+]1CCN(C(=O)c2ccco2)CC1)Nc1c2c(nc3ccccc13)CCC2. The van der Waals surface area contributed by atoms with Crippen molar-refractivity contribution in [2.75, 3.05) is 38.0 Å². The van der Waals surface area contributed by atoms with Crippen molar-refractivity contribution < 1.29 is 18.9 Å². The summed E-state index contributed by atoms with van der Waals surface area (Å²) in [7, 11) is 0. The summed E-state index contributed by atoms with van der Waals surface area (Å²) in [6.07, 6.45) is 4.53. The molecule has 1 aromatic carbocycles. The van der Waals surface area contributed by atoms with E-state index in [1.165, 1.54) is 16.7 Å². The van der Waals surface area contributed by atoms with Crippen molar-refractivity contribution in [2.45, 2.75) is 19.3 Å². The molecular weight excluding hydrogens is 380 g/mol. The average molecular weight is 405 g/mol. The second kappa shape index (κ2) is 7.91. The molecule has 2 amide bonds. The highest BCUT2D eigenvalue weighted by Gasteiger charge is 2.28. The quantitative estimate of drug-likeness (QED) is 0.686. The van der Waals surface area contributed by atoms with Gasteiger partial charge >= 0.3 is 0 Å². The molecule has 7 heteroatoms. The Labute approximate surface area is 174 Å². The van der Waals surface area contributed by atoms with Gasteiger partial charge in [0.1, 0.15) is 0 Å². The van der Waals surface area contributed by atoms with Crippen LogP contribution in [0.25, 0.3) is 10.9 Å². The maximum Gasteiger partial charge on any atom is 0.289 e. The van der Waals surface area contributed by atoms with E-state index >= 15 is 0 Å². The lowest BCUT2D eigenvalue weighted by Crippen LogP contribution is -3.15. The monoisotopic (exact) mass is 405 g/mol. The van der Waals surface area contributed by atoms with Crippen molar-refractivity contribution in [1.29, 1.82) is 0 Å². The second-order valence-electron chi connectivity index (χ2n) is 8.03. The fraction of sp³-hybridized carbons (Fsp3) is 0.348. The third-order valence-corrected chi connectivity index (χ3v) is 6.08. The minimum atomic E-state index is -0.0812. The summed E-state index contributed by atoms with van der Waals surface area (Å²) in [5, 5.41) is 4.20. The molecule has 2 N–H and O–H groups in total. The van der Waals surface area contributed by atoms with Crippen LogP contribution < -0.4 is 10.2 Å². The molecule has 0 spiro atoms. The number of nitrogens with zero attached hydrogens (tertiary/aromatic N) is 2. The molecule has 1 fully saturated rings. The van der Waals surface area contributed by atoms with Crippen LogP contribution in [0.3, 0.4) is 0 Å². The van der Waals surface area contributed by atoms with E-state index in [9.17, 15) is 9.59 Å². The van der Waals surface area contributed by atoms with Gasteiger partial charge in [-0.25, -0.2) is 0 Å². The van der Waals surface area contributed by atoms with Crippen LogP contribution in [-0.4, -0.2) is 54.4 Å². The van der Waals surface area contributed by atoms with E-state index in [2.05, 4.69) is 5.32 Å². The predicted octanol–water partition coefficient (Wildman–Crippen LogP) is 1.30. The Morgan fingerprint density at radius 2 is 1.93 bits per heavy atom. The number of aryl methyl sites for hydroxylation is 1. The Morgan fingerprint density at radius 1 is 1.10 bits per heavy atom. The van der Waals surface area contributed by atoms with E-state index in [0.717, 1.165) is 54.6 Å². The number of benzene rings is 1. The summed E-state index contributed by atoms with van der Waals surface area (Å²) in [4.78, 5) is 33.0. The van der Waals surface area contributed by atoms with Crippen LogP contribution >= 0.6 is 0 Å². The highest BCUT2D eigenvalue weighted by molar-refractivity contribution is 6.03. The summed E-state index contributed by atoms with van der Waals surface area (Å²) in [5.41, 5.74) is 4.17. The zero-order valence-electron chi connectivity index (χ0n) is 16.8. The molecule has 0 bridgehead atoms. The molecule has 2 aliphatic rings. The standard InChI is InChI=1S/C23H24N4O3/c28-21(15-26-10-12-27(13-11-26)23(29)20-9-4-14-30-20)25-22-16-5-1-2-7-18(16)24-19-8-3-6-17(19)22/h1-2,4-5,7,9,14H,3,6,8,10-13,15H2,(H,24,25,28)/p+1. The average Bonchev–Trinajstić information content (AvgIpc) is 3.46. The van der Waals surface area contributed by atoms with Crippen LogP contribution in [0.5, 0.6) is 0 Å².